The van der Waals surface area contributed by atoms with E-state index in [1.54, 1.807) is 6.92 Å². The van der Waals surface area contributed by atoms with Gasteiger partial charge in [-0.05, 0) is 60.9 Å². The molecule has 2 aromatic carbocycles. The van der Waals surface area contributed by atoms with Crippen molar-refractivity contribution in [1.29, 1.82) is 0 Å². The van der Waals surface area contributed by atoms with Crippen molar-refractivity contribution in [2.24, 2.45) is 0 Å². The third kappa shape index (κ3) is 10.1. The molecular weight excluding hydrogens is 416 g/mol. The first-order chi connectivity index (χ1) is 15.6. The van der Waals surface area contributed by atoms with Crippen LogP contribution in [0.25, 0.3) is 11.1 Å². The largest absolute Gasteiger partial charge is 0.479 e. The van der Waals surface area contributed by atoms with Gasteiger partial charge in [-0.25, -0.2) is 4.79 Å². The number of rotatable bonds is 16. The first-order valence-electron chi connectivity index (χ1n) is 12.3. The van der Waals surface area contributed by atoms with Gasteiger partial charge in [0, 0.05) is 4.90 Å². The summed E-state index contributed by atoms with van der Waals surface area (Å²) in [5, 5.41) is 0. The van der Waals surface area contributed by atoms with Crippen LogP contribution in [0.15, 0.2) is 53.4 Å². The highest BCUT2D eigenvalue weighted by molar-refractivity contribution is 7.99. The average Bonchev–Trinajstić information content (AvgIpc) is 2.82. The predicted molar refractivity (Wildman–Crippen MR) is 137 cm³/mol. The maximum absolute atomic E-state index is 12.2. The van der Waals surface area contributed by atoms with Crippen LogP contribution in [0.4, 0.5) is 0 Å². The number of esters is 1. The van der Waals surface area contributed by atoms with Gasteiger partial charge in [0.05, 0.1) is 6.61 Å². The molecule has 0 aliphatic rings. The second-order valence-electron chi connectivity index (χ2n) is 8.30. The van der Waals surface area contributed by atoms with Crippen molar-refractivity contribution >= 4 is 17.7 Å². The van der Waals surface area contributed by atoms with E-state index < -0.39 is 6.10 Å². The van der Waals surface area contributed by atoms with Crippen LogP contribution < -0.4 is 4.74 Å². The minimum Gasteiger partial charge on any atom is -0.479 e. The van der Waals surface area contributed by atoms with Gasteiger partial charge in [-0.2, -0.15) is 0 Å². The number of hydrogen-bond donors (Lipinski definition) is 0. The monoisotopic (exact) mass is 456 g/mol. The Morgan fingerprint density at radius 1 is 0.781 bits per heavy atom. The molecule has 0 fully saturated rings. The van der Waals surface area contributed by atoms with Crippen LogP contribution in [0.2, 0.25) is 0 Å². The molecule has 0 radical (unpaired) electrons. The fourth-order valence-electron chi connectivity index (χ4n) is 3.44. The third-order valence-corrected chi connectivity index (χ3v) is 6.54. The van der Waals surface area contributed by atoms with E-state index >= 15 is 0 Å². The highest BCUT2D eigenvalue weighted by Crippen LogP contribution is 2.26. The normalized spacial score (nSPS) is 11.8. The fourth-order valence-corrected chi connectivity index (χ4v) is 4.35. The van der Waals surface area contributed by atoms with Crippen molar-refractivity contribution < 1.29 is 14.3 Å². The molecule has 3 nitrogen and oxygen atoms in total. The molecule has 0 bridgehead atoms. The van der Waals surface area contributed by atoms with Gasteiger partial charge >= 0.3 is 5.97 Å². The van der Waals surface area contributed by atoms with E-state index in [1.807, 2.05) is 36.0 Å². The predicted octanol–water partition coefficient (Wildman–Crippen LogP) is 8.31. The van der Waals surface area contributed by atoms with Crippen molar-refractivity contribution in [2.45, 2.75) is 89.6 Å². The standard InChI is InChI=1S/C28H40O3S/c1-4-6-8-9-10-11-21-30-28(29)23(3)31-26-17-13-24(14-18-26)25-15-19-27(20-16-25)32-22-12-7-5-2/h13-20,23H,4-12,21-22H2,1-3H3/t23-/m1/s1. The molecule has 0 aromatic heterocycles. The minimum absolute atomic E-state index is 0.297. The molecule has 4 heteroatoms. The highest BCUT2D eigenvalue weighted by Gasteiger charge is 2.16. The van der Waals surface area contributed by atoms with E-state index in [2.05, 4.69) is 38.1 Å². The SMILES string of the molecule is CCCCCCCCOC(=O)[C@@H](C)Oc1ccc(-c2ccc(SCCCCC)cc2)cc1. The van der Waals surface area contributed by atoms with Crippen LogP contribution in [-0.4, -0.2) is 24.4 Å². The van der Waals surface area contributed by atoms with Crippen LogP contribution in [0.3, 0.4) is 0 Å². The minimum atomic E-state index is -0.607. The number of ether oxygens (including phenoxy) is 2. The number of benzene rings is 2. The van der Waals surface area contributed by atoms with Gasteiger partial charge < -0.3 is 9.47 Å². The quantitative estimate of drug-likeness (QED) is 0.144. The van der Waals surface area contributed by atoms with Gasteiger partial charge in [0.1, 0.15) is 5.75 Å². The molecule has 176 valence electrons. The number of unbranched alkanes of at least 4 members (excludes halogenated alkanes) is 7. The zero-order chi connectivity index (χ0) is 23.0. The van der Waals surface area contributed by atoms with Gasteiger partial charge in [-0.15, -0.1) is 11.8 Å². The Labute approximate surface area is 199 Å². The summed E-state index contributed by atoms with van der Waals surface area (Å²) in [4.78, 5) is 13.5. The Morgan fingerprint density at radius 3 is 2.00 bits per heavy atom. The van der Waals surface area contributed by atoms with E-state index in [0.29, 0.717) is 12.4 Å². The summed E-state index contributed by atoms with van der Waals surface area (Å²) in [7, 11) is 0. The van der Waals surface area contributed by atoms with E-state index in [9.17, 15) is 4.79 Å². The molecule has 0 amide bonds. The van der Waals surface area contributed by atoms with Gasteiger partial charge in [0.25, 0.3) is 0 Å². The summed E-state index contributed by atoms with van der Waals surface area (Å²) in [5.74, 6) is 1.56. The van der Waals surface area contributed by atoms with Crippen molar-refractivity contribution in [3.8, 4) is 16.9 Å². The summed E-state index contributed by atoms with van der Waals surface area (Å²) in [6.07, 6.45) is 10.3. The van der Waals surface area contributed by atoms with Crippen LogP contribution in [0.1, 0.15) is 78.6 Å². The zero-order valence-corrected chi connectivity index (χ0v) is 20.9. The third-order valence-electron chi connectivity index (χ3n) is 5.45. The van der Waals surface area contributed by atoms with Gasteiger partial charge in [0.15, 0.2) is 6.10 Å². The van der Waals surface area contributed by atoms with E-state index in [1.165, 1.54) is 61.2 Å². The lowest BCUT2D eigenvalue weighted by molar-refractivity contribution is -0.151. The molecule has 1 atom stereocenters. The summed E-state index contributed by atoms with van der Waals surface area (Å²) < 4.78 is 11.1. The van der Waals surface area contributed by atoms with Crippen LogP contribution >= 0.6 is 11.8 Å². The lowest BCUT2D eigenvalue weighted by Gasteiger charge is -2.14. The van der Waals surface area contributed by atoms with Crippen molar-refractivity contribution in [3.05, 3.63) is 48.5 Å². The second kappa shape index (κ2) is 15.8. The molecule has 0 heterocycles. The van der Waals surface area contributed by atoms with E-state index in [0.717, 1.165) is 18.4 Å². The highest BCUT2D eigenvalue weighted by atomic mass is 32.2. The molecule has 0 saturated carbocycles. The number of thioether (sulfide) groups is 1. The number of carbonyl (C=O) groups is 1. The lowest BCUT2D eigenvalue weighted by Crippen LogP contribution is -2.26. The average molecular weight is 457 g/mol. The van der Waals surface area contributed by atoms with Gasteiger partial charge in [0.2, 0.25) is 0 Å². The second-order valence-corrected chi connectivity index (χ2v) is 9.47. The number of carbonyl (C=O) groups excluding carboxylic acids is 1. The van der Waals surface area contributed by atoms with Gasteiger partial charge in [-0.1, -0.05) is 83.1 Å². The lowest BCUT2D eigenvalue weighted by atomic mass is 10.1. The zero-order valence-electron chi connectivity index (χ0n) is 20.1. The first-order valence-corrected chi connectivity index (χ1v) is 13.3. The smallest absolute Gasteiger partial charge is 0.347 e. The summed E-state index contributed by atoms with van der Waals surface area (Å²) in [5.41, 5.74) is 2.32. The molecule has 2 aromatic rings. The van der Waals surface area contributed by atoms with Crippen LogP contribution in [-0.2, 0) is 9.53 Å². The molecule has 32 heavy (non-hydrogen) atoms. The summed E-state index contributed by atoms with van der Waals surface area (Å²) in [6, 6.07) is 16.6. The van der Waals surface area contributed by atoms with Crippen LogP contribution in [0, 0.1) is 0 Å². The molecule has 0 N–H and O–H groups in total. The molecule has 0 saturated heterocycles. The molecule has 0 spiro atoms. The Morgan fingerprint density at radius 2 is 1.34 bits per heavy atom. The molecule has 0 aliphatic heterocycles. The Kier molecular flexibility index (Phi) is 13.0. The van der Waals surface area contributed by atoms with Crippen LogP contribution in [0.5, 0.6) is 5.75 Å². The van der Waals surface area contributed by atoms with Crippen molar-refractivity contribution in [1.82, 2.24) is 0 Å². The Bertz CT molecular complexity index is 755. The maximum atomic E-state index is 12.2. The topological polar surface area (TPSA) is 35.5 Å². The van der Waals surface area contributed by atoms with Crippen molar-refractivity contribution in [3.63, 3.8) is 0 Å². The summed E-state index contributed by atoms with van der Waals surface area (Å²) >= 11 is 1.92. The molecular formula is C28H40O3S. The molecule has 2 rings (SSSR count). The molecule has 0 unspecified atom stereocenters. The van der Waals surface area contributed by atoms with Gasteiger partial charge in [-0.3, -0.25) is 0 Å². The Hall–Kier alpha value is -1.94. The van der Waals surface area contributed by atoms with E-state index in [4.69, 9.17) is 9.47 Å². The molecule has 0 aliphatic carbocycles. The number of hydrogen-bond acceptors (Lipinski definition) is 4. The summed E-state index contributed by atoms with van der Waals surface area (Å²) in [6.45, 7) is 6.67. The maximum Gasteiger partial charge on any atom is 0.347 e. The van der Waals surface area contributed by atoms with E-state index in [-0.39, 0.29) is 5.97 Å². The Balaban J connectivity index is 1.74. The van der Waals surface area contributed by atoms with Crippen molar-refractivity contribution in [2.75, 3.05) is 12.4 Å². The first kappa shape index (κ1) is 26.3. The fraction of sp³-hybridized carbons (Fsp3) is 0.536.